The quantitative estimate of drug-likeness (QED) is 0.827. The van der Waals surface area contributed by atoms with Gasteiger partial charge in [0.1, 0.15) is 0 Å². The molecule has 2 N–H and O–H groups in total. The molecule has 0 aliphatic carbocycles. The molecule has 0 unspecified atom stereocenters. The second-order valence-corrected chi connectivity index (χ2v) is 4.44. The number of aromatic amines is 1. The molecular formula is C15H19NO. The number of nitrogens with one attached hydrogen (secondary N) is 1. The van der Waals surface area contributed by atoms with Gasteiger partial charge in [0.25, 0.3) is 0 Å². The van der Waals surface area contributed by atoms with E-state index in [9.17, 15) is 5.11 Å². The standard InChI is InChI=1S/C15H19NO/c1-3-4-12-5-7-13(8-6-12)15-9-14(10-17)11(2)16-15/h5-9,16-17H,3-4,10H2,1-2H3. The first-order chi connectivity index (χ1) is 8.24. The highest BCUT2D eigenvalue weighted by molar-refractivity contribution is 5.61. The van der Waals surface area contributed by atoms with Crippen LogP contribution in [0.15, 0.2) is 30.3 Å². The zero-order valence-electron chi connectivity index (χ0n) is 10.5. The lowest BCUT2D eigenvalue weighted by Gasteiger charge is -2.01. The van der Waals surface area contributed by atoms with Crippen LogP contribution in [0.1, 0.15) is 30.2 Å². The lowest BCUT2D eigenvalue weighted by Crippen LogP contribution is -1.83. The number of hydrogen-bond acceptors (Lipinski definition) is 1. The molecule has 0 radical (unpaired) electrons. The normalized spacial score (nSPS) is 10.8. The van der Waals surface area contributed by atoms with Gasteiger partial charge in [-0.2, -0.15) is 0 Å². The van der Waals surface area contributed by atoms with Gasteiger partial charge in [-0.15, -0.1) is 0 Å². The molecule has 1 heterocycles. The summed E-state index contributed by atoms with van der Waals surface area (Å²) >= 11 is 0. The van der Waals surface area contributed by atoms with Crippen LogP contribution in [0, 0.1) is 6.92 Å². The topological polar surface area (TPSA) is 36.0 Å². The molecular weight excluding hydrogens is 210 g/mol. The van der Waals surface area contributed by atoms with Crippen molar-refractivity contribution in [2.45, 2.75) is 33.3 Å². The fraction of sp³-hybridized carbons (Fsp3) is 0.333. The average Bonchev–Trinajstić information content (AvgIpc) is 2.72. The van der Waals surface area contributed by atoms with Crippen LogP contribution in [0.25, 0.3) is 11.3 Å². The molecule has 2 heteroatoms. The molecule has 0 saturated carbocycles. The van der Waals surface area contributed by atoms with Crippen molar-refractivity contribution in [2.24, 2.45) is 0 Å². The second kappa shape index (κ2) is 5.19. The van der Waals surface area contributed by atoms with Crippen molar-refractivity contribution in [1.82, 2.24) is 4.98 Å². The van der Waals surface area contributed by atoms with Crippen LogP contribution < -0.4 is 0 Å². The molecule has 0 fully saturated rings. The summed E-state index contributed by atoms with van der Waals surface area (Å²) in [6.07, 6.45) is 2.31. The van der Waals surface area contributed by atoms with Crippen LogP contribution in [0.5, 0.6) is 0 Å². The summed E-state index contributed by atoms with van der Waals surface area (Å²) in [5.74, 6) is 0. The third kappa shape index (κ3) is 2.59. The molecule has 0 bridgehead atoms. The Morgan fingerprint density at radius 2 is 1.88 bits per heavy atom. The summed E-state index contributed by atoms with van der Waals surface area (Å²) in [7, 11) is 0. The lowest BCUT2D eigenvalue weighted by atomic mass is 10.1. The molecule has 2 nitrogen and oxygen atoms in total. The first-order valence-corrected chi connectivity index (χ1v) is 6.13. The van der Waals surface area contributed by atoms with Crippen LogP contribution in [0.4, 0.5) is 0 Å². The Labute approximate surface area is 102 Å². The second-order valence-electron chi connectivity index (χ2n) is 4.44. The Bertz CT molecular complexity index is 482. The minimum Gasteiger partial charge on any atom is -0.392 e. The van der Waals surface area contributed by atoms with Crippen molar-refractivity contribution in [2.75, 3.05) is 0 Å². The minimum absolute atomic E-state index is 0.0935. The van der Waals surface area contributed by atoms with Crippen LogP contribution in [0.2, 0.25) is 0 Å². The van der Waals surface area contributed by atoms with E-state index in [1.807, 2.05) is 13.0 Å². The number of aliphatic hydroxyl groups excluding tert-OH is 1. The molecule has 90 valence electrons. The number of aryl methyl sites for hydroxylation is 2. The Morgan fingerprint density at radius 3 is 2.41 bits per heavy atom. The van der Waals surface area contributed by atoms with Gasteiger partial charge in [-0.25, -0.2) is 0 Å². The van der Waals surface area contributed by atoms with E-state index < -0.39 is 0 Å². The van der Waals surface area contributed by atoms with E-state index in [0.29, 0.717) is 0 Å². The maximum Gasteiger partial charge on any atom is 0.0699 e. The zero-order chi connectivity index (χ0) is 12.3. The molecule has 1 aromatic carbocycles. The molecule has 0 aliphatic rings. The summed E-state index contributed by atoms with van der Waals surface area (Å²) in [4.78, 5) is 3.30. The van der Waals surface area contributed by atoms with Gasteiger partial charge in [0.2, 0.25) is 0 Å². The first kappa shape index (κ1) is 11.9. The molecule has 0 amide bonds. The van der Waals surface area contributed by atoms with Gasteiger partial charge in [-0.1, -0.05) is 37.6 Å². The van der Waals surface area contributed by atoms with Crippen molar-refractivity contribution >= 4 is 0 Å². The van der Waals surface area contributed by atoms with E-state index in [4.69, 9.17) is 0 Å². The molecule has 17 heavy (non-hydrogen) atoms. The number of benzene rings is 1. The summed E-state index contributed by atoms with van der Waals surface area (Å²) in [6.45, 7) is 4.27. The molecule has 0 saturated heterocycles. The minimum atomic E-state index is 0.0935. The van der Waals surface area contributed by atoms with Gasteiger partial charge in [0.05, 0.1) is 6.61 Å². The summed E-state index contributed by atoms with van der Waals surface area (Å²) in [5, 5.41) is 9.17. The van der Waals surface area contributed by atoms with E-state index in [1.165, 1.54) is 17.5 Å². The van der Waals surface area contributed by atoms with Crippen molar-refractivity contribution in [1.29, 1.82) is 0 Å². The van der Waals surface area contributed by atoms with Crippen molar-refractivity contribution < 1.29 is 5.11 Å². The number of aliphatic hydroxyl groups is 1. The monoisotopic (exact) mass is 229 g/mol. The fourth-order valence-corrected chi connectivity index (χ4v) is 2.06. The summed E-state index contributed by atoms with van der Waals surface area (Å²) in [5.41, 5.74) is 5.64. The van der Waals surface area contributed by atoms with Crippen LogP contribution in [0.3, 0.4) is 0 Å². The summed E-state index contributed by atoms with van der Waals surface area (Å²) < 4.78 is 0. The number of hydrogen-bond donors (Lipinski definition) is 2. The highest BCUT2D eigenvalue weighted by Gasteiger charge is 2.05. The largest absolute Gasteiger partial charge is 0.392 e. The highest BCUT2D eigenvalue weighted by atomic mass is 16.3. The van der Waals surface area contributed by atoms with E-state index in [1.54, 1.807) is 0 Å². The molecule has 0 spiro atoms. The molecule has 0 atom stereocenters. The van der Waals surface area contributed by atoms with Crippen molar-refractivity contribution in [3.63, 3.8) is 0 Å². The maximum atomic E-state index is 9.17. The van der Waals surface area contributed by atoms with Crippen LogP contribution in [-0.4, -0.2) is 10.1 Å². The van der Waals surface area contributed by atoms with Gasteiger partial charge in [0.15, 0.2) is 0 Å². The van der Waals surface area contributed by atoms with Gasteiger partial charge in [-0.3, -0.25) is 0 Å². The average molecular weight is 229 g/mol. The van der Waals surface area contributed by atoms with Gasteiger partial charge in [-0.05, 0) is 36.1 Å². The summed E-state index contributed by atoms with van der Waals surface area (Å²) in [6, 6.07) is 10.6. The molecule has 2 rings (SSSR count). The predicted octanol–water partition coefficient (Wildman–Crippen LogP) is 3.43. The Balaban J connectivity index is 2.26. The van der Waals surface area contributed by atoms with Crippen molar-refractivity contribution in [3.8, 4) is 11.3 Å². The molecule has 0 aliphatic heterocycles. The zero-order valence-corrected chi connectivity index (χ0v) is 10.5. The fourth-order valence-electron chi connectivity index (χ4n) is 2.06. The van der Waals surface area contributed by atoms with Gasteiger partial charge in [0, 0.05) is 11.4 Å². The first-order valence-electron chi connectivity index (χ1n) is 6.13. The third-order valence-corrected chi connectivity index (χ3v) is 3.10. The molecule has 2 aromatic rings. The van der Waals surface area contributed by atoms with Crippen molar-refractivity contribution in [3.05, 3.63) is 47.2 Å². The Hall–Kier alpha value is -1.54. The van der Waals surface area contributed by atoms with E-state index in [0.717, 1.165) is 23.4 Å². The number of H-pyrrole nitrogens is 1. The van der Waals surface area contributed by atoms with E-state index >= 15 is 0 Å². The van der Waals surface area contributed by atoms with Gasteiger partial charge >= 0.3 is 0 Å². The molecule has 1 aromatic heterocycles. The van der Waals surface area contributed by atoms with Crippen LogP contribution in [-0.2, 0) is 13.0 Å². The van der Waals surface area contributed by atoms with E-state index in [2.05, 4.69) is 36.2 Å². The highest BCUT2D eigenvalue weighted by Crippen LogP contribution is 2.22. The lowest BCUT2D eigenvalue weighted by molar-refractivity contribution is 0.281. The maximum absolute atomic E-state index is 9.17. The Kier molecular flexibility index (Phi) is 3.64. The SMILES string of the molecule is CCCc1ccc(-c2cc(CO)c(C)[nH]2)cc1. The predicted molar refractivity (Wildman–Crippen MR) is 70.9 cm³/mol. The van der Waals surface area contributed by atoms with Gasteiger partial charge < -0.3 is 10.1 Å². The number of rotatable bonds is 4. The van der Waals surface area contributed by atoms with Crippen LogP contribution >= 0.6 is 0 Å². The van der Waals surface area contributed by atoms with E-state index in [-0.39, 0.29) is 6.61 Å². The smallest absolute Gasteiger partial charge is 0.0699 e. The number of aromatic nitrogens is 1. The Morgan fingerprint density at radius 1 is 1.18 bits per heavy atom. The third-order valence-electron chi connectivity index (χ3n) is 3.10.